The Morgan fingerprint density at radius 1 is 1.09 bits per heavy atom. The molecule has 0 radical (unpaired) electrons. The summed E-state index contributed by atoms with van der Waals surface area (Å²) in [6.45, 7) is 7.09. The standard InChI is InChI=1S/C15H28N4O2S/c1-13(17-15(21)19-9-11-22-12-10-19)14(20)16-5-8-18-6-3-2-4-7-18/h13H,2-12H2,1H3,(H,16,20)(H,17,21)/t13-/m1/s1. The van der Waals surface area contributed by atoms with Gasteiger partial charge in [-0.1, -0.05) is 6.42 Å². The second kappa shape index (κ2) is 9.25. The molecule has 0 aliphatic carbocycles. The van der Waals surface area contributed by atoms with Gasteiger partial charge in [-0.15, -0.1) is 0 Å². The number of thioether (sulfide) groups is 1. The lowest BCUT2D eigenvalue weighted by Crippen LogP contribution is -2.52. The second-order valence-corrected chi connectivity index (χ2v) is 7.19. The Morgan fingerprint density at radius 3 is 2.45 bits per heavy atom. The lowest BCUT2D eigenvalue weighted by molar-refractivity contribution is -0.122. The zero-order chi connectivity index (χ0) is 15.8. The summed E-state index contributed by atoms with van der Waals surface area (Å²) in [6.07, 6.45) is 3.84. The molecule has 0 spiro atoms. The highest BCUT2D eigenvalue weighted by Crippen LogP contribution is 2.09. The van der Waals surface area contributed by atoms with E-state index in [0.29, 0.717) is 6.54 Å². The van der Waals surface area contributed by atoms with Crippen LogP contribution < -0.4 is 10.6 Å². The molecule has 2 heterocycles. The minimum atomic E-state index is -0.483. The fraction of sp³-hybridized carbons (Fsp3) is 0.867. The van der Waals surface area contributed by atoms with Crippen LogP contribution in [0.25, 0.3) is 0 Å². The zero-order valence-electron chi connectivity index (χ0n) is 13.5. The minimum absolute atomic E-state index is 0.100. The first-order chi connectivity index (χ1) is 10.7. The molecule has 3 amide bonds. The molecule has 0 unspecified atom stereocenters. The van der Waals surface area contributed by atoms with Gasteiger partial charge in [0.15, 0.2) is 0 Å². The number of urea groups is 1. The van der Waals surface area contributed by atoms with Crippen LogP contribution in [0.3, 0.4) is 0 Å². The van der Waals surface area contributed by atoms with Crippen LogP contribution in [0.5, 0.6) is 0 Å². The summed E-state index contributed by atoms with van der Waals surface area (Å²) < 4.78 is 0. The second-order valence-electron chi connectivity index (χ2n) is 5.96. The van der Waals surface area contributed by atoms with Crippen molar-refractivity contribution in [3.05, 3.63) is 0 Å². The van der Waals surface area contributed by atoms with Gasteiger partial charge in [0.2, 0.25) is 5.91 Å². The van der Waals surface area contributed by atoms with Crippen LogP contribution in [0.2, 0.25) is 0 Å². The monoisotopic (exact) mass is 328 g/mol. The molecular weight excluding hydrogens is 300 g/mol. The van der Waals surface area contributed by atoms with Crippen molar-refractivity contribution in [2.24, 2.45) is 0 Å². The largest absolute Gasteiger partial charge is 0.353 e. The van der Waals surface area contributed by atoms with Crippen LogP contribution >= 0.6 is 11.8 Å². The normalized spacial score (nSPS) is 21.2. The third-order valence-corrected chi connectivity index (χ3v) is 5.15. The first kappa shape index (κ1) is 17.4. The van der Waals surface area contributed by atoms with E-state index in [2.05, 4.69) is 15.5 Å². The Hall–Kier alpha value is -0.950. The average Bonchev–Trinajstić information content (AvgIpc) is 2.56. The van der Waals surface area contributed by atoms with Gasteiger partial charge in [-0.2, -0.15) is 11.8 Å². The van der Waals surface area contributed by atoms with Gasteiger partial charge in [0, 0.05) is 37.7 Å². The number of hydrogen-bond acceptors (Lipinski definition) is 4. The number of piperidine rings is 1. The smallest absolute Gasteiger partial charge is 0.318 e. The molecular formula is C15H28N4O2S. The van der Waals surface area contributed by atoms with Crippen molar-refractivity contribution < 1.29 is 9.59 Å². The summed E-state index contributed by atoms with van der Waals surface area (Å²) in [5.41, 5.74) is 0. The third-order valence-electron chi connectivity index (χ3n) is 4.21. The van der Waals surface area contributed by atoms with Gasteiger partial charge in [-0.3, -0.25) is 4.79 Å². The zero-order valence-corrected chi connectivity index (χ0v) is 14.3. The van der Waals surface area contributed by atoms with Crippen LogP contribution in [0.15, 0.2) is 0 Å². The van der Waals surface area contributed by atoms with Gasteiger partial charge in [0.1, 0.15) is 6.04 Å². The van der Waals surface area contributed by atoms with E-state index < -0.39 is 6.04 Å². The highest BCUT2D eigenvalue weighted by Gasteiger charge is 2.21. The molecule has 2 N–H and O–H groups in total. The quantitative estimate of drug-likeness (QED) is 0.781. The molecule has 2 fully saturated rings. The number of likely N-dealkylation sites (tertiary alicyclic amines) is 1. The molecule has 2 aliphatic rings. The van der Waals surface area contributed by atoms with Crippen molar-refractivity contribution in [3.8, 4) is 0 Å². The Morgan fingerprint density at radius 2 is 1.77 bits per heavy atom. The summed E-state index contributed by atoms with van der Waals surface area (Å²) in [7, 11) is 0. The van der Waals surface area contributed by atoms with E-state index in [4.69, 9.17) is 0 Å². The van der Waals surface area contributed by atoms with Crippen molar-refractivity contribution in [2.75, 3.05) is 50.8 Å². The summed E-state index contributed by atoms with van der Waals surface area (Å²) in [4.78, 5) is 28.3. The Bertz CT molecular complexity index is 369. The van der Waals surface area contributed by atoms with Crippen molar-refractivity contribution in [3.63, 3.8) is 0 Å². The Balaban J connectivity index is 1.62. The topological polar surface area (TPSA) is 64.7 Å². The SMILES string of the molecule is C[C@@H](NC(=O)N1CCSCC1)C(=O)NCCN1CCCCC1. The van der Waals surface area contributed by atoms with E-state index in [-0.39, 0.29) is 11.9 Å². The van der Waals surface area contributed by atoms with Crippen LogP contribution in [0.4, 0.5) is 4.79 Å². The van der Waals surface area contributed by atoms with E-state index in [1.165, 1.54) is 19.3 Å². The third kappa shape index (κ3) is 5.68. The maximum atomic E-state index is 12.1. The molecule has 2 saturated heterocycles. The highest BCUT2D eigenvalue weighted by atomic mass is 32.2. The van der Waals surface area contributed by atoms with Gasteiger partial charge in [-0.05, 0) is 32.9 Å². The van der Waals surface area contributed by atoms with Crippen LogP contribution in [0.1, 0.15) is 26.2 Å². The molecule has 1 atom stereocenters. The summed E-state index contributed by atoms with van der Waals surface area (Å²) in [5, 5.41) is 5.71. The van der Waals surface area contributed by atoms with Crippen molar-refractivity contribution in [2.45, 2.75) is 32.2 Å². The first-order valence-corrected chi connectivity index (χ1v) is 9.45. The van der Waals surface area contributed by atoms with Crippen LogP contribution in [0, 0.1) is 0 Å². The van der Waals surface area contributed by atoms with E-state index in [1.54, 1.807) is 11.8 Å². The van der Waals surface area contributed by atoms with E-state index in [9.17, 15) is 9.59 Å². The van der Waals surface area contributed by atoms with Gasteiger partial charge < -0.3 is 20.4 Å². The Kier molecular flexibility index (Phi) is 7.32. The van der Waals surface area contributed by atoms with Crippen LogP contribution in [-0.2, 0) is 4.79 Å². The lowest BCUT2D eigenvalue weighted by Gasteiger charge is -2.28. The number of hydrogen-bond donors (Lipinski definition) is 2. The van der Waals surface area contributed by atoms with Crippen molar-refractivity contribution >= 4 is 23.7 Å². The van der Waals surface area contributed by atoms with Gasteiger partial charge in [0.25, 0.3) is 0 Å². The Labute approximate surface area is 137 Å². The first-order valence-electron chi connectivity index (χ1n) is 8.30. The molecule has 0 aromatic carbocycles. The van der Waals surface area contributed by atoms with Crippen molar-refractivity contribution in [1.82, 2.24) is 20.4 Å². The number of nitrogens with zero attached hydrogens (tertiary/aromatic N) is 2. The lowest BCUT2D eigenvalue weighted by atomic mass is 10.1. The predicted octanol–water partition coefficient (Wildman–Crippen LogP) is 0.735. The molecule has 0 aromatic rings. The molecule has 2 aliphatic heterocycles. The number of nitrogens with one attached hydrogen (secondary N) is 2. The maximum Gasteiger partial charge on any atom is 0.318 e. The van der Waals surface area contributed by atoms with Gasteiger partial charge >= 0.3 is 6.03 Å². The molecule has 2 rings (SSSR count). The average molecular weight is 328 g/mol. The van der Waals surface area contributed by atoms with E-state index >= 15 is 0 Å². The van der Waals surface area contributed by atoms with Gasteiger partial charge in [0.05, 0.1) is 0 Å². The van der Waals surface area contributed by atoms with E-state index in [0.717, 1.165) is 44.2 Å². The highest BCUT2D eigenvalue weighted by molar-refractivity contribution is 7.99. The summed E-state index contributed by atoms with van der Waals surface area (Å²) >= 11 is 1.86. The number of rotatable bonds is 5. The molecule has 0 bridgehead atoms. The molecule has 0 aromatic heterocycles. The predicted molar refractivity (Wildman–Crippen MR) is 90.2 cm³/mol. The molecule has 22 heavy (non-hydrogen) atoms. The van der Waals surface area contributed by atoms with Gasteiger partial charge in [-0.25, -0.2) is 4.79 Å². The number of carbonyl (C=O) groups excluding carboxylic acids is 2. The maximum absolute atomic E-state index is 12.1. The summed E-state index contributed by atoms with van der Waals surface area (Å²) in [6, 6.07) is -0.609. The molecule has 126 valence electrons. The number of amides is 3. The van der Waals surface area contributed by atoms with E-state index in [1.807, 2.05) is 11.8 Å². The minimum Gasteiger partial charge on any atom is -0.353 e. The number of carbonyl (C=O) groups is 2. The fourth-order valence-electron chi connectivity index (χ4n) is 2.78. The van der Waals surface area contributed by atoms with Crippen molar-refractivity contribution in [1.29, 1.82) is 0 Å². The molecule has 6 nitrogen and oxygen atoms in total. The molecule has 0 saturated carbocycles. The van der Waals surface area contributed by atoms with Crippen LogP contribution in [-0.4, -0.2) is 78.6 Å². The molecule has 7 heteroatoms. The fourth-order valence-corrected chi connectivity index (χ4v) is 3.68. The summed E-state index contributed by atoms with van der Waals surface area (Å²) in [5.74, 6) is 1.85.